The second-order valence-electron chi connectivity index (χ2n) is 5.19. The Kier molecular flexibility index (Phi) is 3.04. The van der Waals surface area contributed by atoms with Gasteiger partial charge in [0.05, 0.1) is 5.52 Å². The Morgan fingerprint density at radius 2 is 2.18 bits per heavy atom. The Morgan fingerprint density at radius 1 is 1.36 bits per heavy atom. The van der Waals surface area contributed by atoms with Gasteiger partial charge in [0.15, 0.2) is 5.58 Å². The molecule has 1 saturated carbocycles. The van der Waals surface area contributed by atoms with Crippen molar-refractivity contribution in [3.8, 4) is 0 Å². The van der Waals surface area contributed by atoms with Crippen LogP contribution in [0.1, 0.15) is 23.8 Å². The molecule has 1 aliphatic rings. The summed E-state index contributed by atoms with van der Waals surface area (Å²) >= 11 is 1.39. The van der Waals surface area contributed by atoms with Gasteiger partial charge in [-0.05, 0) is 25.0 Å². The first-order chi connectivity index (χ1) is 10.7. The maximum Gasteiger partial charge on any atom is 0.420 e. The van der Waals surface area contributed by atoms with E-state index in [1.54, 1.807) is 24.3 Å². The Balaban J connectivity index is 1.52. The molecule has 0 spiro atoms. The summed E-state index contributed by atoms with van der Waals surface area (Å²) in [5, 5.41) is 12.1. The van der Waals surface area contributed by atoms with E-state index in [9.17, 15) is 9.59 Å². The van der Waals surface area contributed by atoms with Crippen LogP contribution in [0.2, 0.25) is 0 Å². The van der Waals surface area contributed by atoms with E-state index in [4.69, 9.17) is 4.42 Å². The van der Waals surface area contributed by atoms with Crippen molar-refractivity contribution in [3.63, 3.8) is 0 Å². The van der Waals surface area contributed by atoms with Crippen molar-refractivity contribution in [3.05, 3.63) is 39.8 Å². The quantitative estimate of drug-likeness (QED) is 0.794. The van der Waals surface area contributed by atoms with Gasteiger partial charge in [-0.1, -0.05) is 23.5 Å². The number of benzene rings is 1. The third-order valence-electron chi connectivity index (χ3n) is 3.49. The fourth-order valence-electron chi connectivity index (χ4n) is 2.25. The van der Waals surface area contributed by atoms with Crippen molar-refractivity contribution >= 4 is 33.5 Å². The maximum atomic E-state index is 12.1. The average molecular weight is 316 g/mol. The predicted molar refractivity (Wildman–Crippen MR) is 81.0 cm³/mol. The van der Waals surface area contributed by atoms with Crippen LogP contribution in [-0.2, 0) is 11.3 Å². The van der Waals surface area contributed by atoms with E-state index >= 15 is 0 Å². The van der Waals surface area contributed by atoms with Gasteiger partial charge < -0.3 is 4.42 Å². The molecule has 3 aromatic rings. The molecule has 112 valence electrons. The van der Waals surface area contributed by atoms with Gasteiger partial charge in [0, 0.05) is 5.92 Å². The number of aromatic nitrogens is 3. The lowest BCUT2D eigenvalue weighted by Crippen LogP contribution is -2.24. The van der Waals surface area contributed by atoms with Crippen LogP contribution in [0.5, 0.6) is 0 Å². The minimum atomic E-state index is -0.549. The Bertz CT molecular complexity index is 906. The molecule has 0 bridgehead atoms. The van der Waals surface area contributed by atoms with Crippen molar-refractivity contribution in [1.82, 2.24) is 14.8 Å². The molecule has 0 saturated heterocycles. The molecule has 0 unspecified atom stereocenters. The minimum absolute atomic E-state index is 0.117. The Morgan fingerprint density at radius 3 is 3.00 bits per heavy atom. The maximum absolute atomic E-state index is 12.1. The summed E-state index contributed by atoms with van der Waals surface area (Å²) in [5.41, 5.74) is 1.06. The van der Waals surface area contributed by atoms with E-state index in [1.165, 1.54) is 15.9 Å². The van der Waals surface area contributed by atoms with E-state index in [1.807, 2.05) is 0 Å². The van der Waals surface area contributed by atoms with Crippen molar-refractivity contribution < 1.29 is 9.21 Å². The number of nitrogens with one attached hydrogen (secondary N) is 1. The van der Waals surface area contributed by atoms with Crippen molar-refractivity contribution in [2.24, 2.45) is 0 Å². The van der Waals surface area contributed by atoms with Crippen LogP contribution in [0, 0.1) is 0 Å². The van der Waals surface area contributed by atoms with Crippen molar-refractivity contribution in [2.75, 3.05) is 5.32 Å². The molecule has 0 aliphatic heterocycles. The number of anilines is 1. The molecule has 4 rings (SSSR count). The molecule has 0 atom stereocenters. The second-order valence-corrected chi connectivity index (χ2v) is 6.20. The number of carbonyl (C=O) groups is 1. The van der Waals surface area contributed by atoms with Crippen LogP contribution in [0.4, 0.5) is 5.13 Å². The largest absolute Gasteiger partial charge is 0.420 e. The number of oxazole rings is 1. The zero-order chi connectivity index (χ0) is 15.1. The van der Waals surface area contributed by atoms with Crippen LogP contribution in [0.25, 0.3) is 11.1 Å². The Labute approximate surface area is 128 Å². The number of para-hydroxylation sites is 2. The summed E-state index contributed by atoms with van der Waals surface area (Å²) in [6.07, 6.45) is 2.28. The molecular weight excluding hydrogens is 304 g/mol. The highest BCUT2D eigenvalue weighted by atomic mass is 32.1. The first-order valence-electron chi connectivity index (χ1n) is 6.92. The summed E-state index contributed by atoms with van der Waals surface area (Å²) in [4.78, 5) is 23.9. The summed E-state index contributed by atoms with van der Waals surface area (Å²) in [6, 6.07) is 7.00. The fraction of sp³-hybridized carbons (Fsp3) is 0.286. The number of amides is 1. The van der Waals surface area contributed by atoms with E-state index in [-0.39, 0.29) is 12.5 Å². The lowest BCUT2D eigenvalue weighted by molar-refractivity contribution is -0.116. The van der Waals surface area contributed by atoms with Gasteiger partial charge in [-0.15, -0.1) is 10.2 Å². The van der Waals surface area contributed by atoms with Crippen LogP contribution < -0.4 is 11.1 Å². The average Bonchev–Trinajstić information content (AvgIpc) is 3.18. The molecule has 8 heteroatoms. The topological polar surface area (TPSA) is 90.0 Å². The number of hydrogen-bond acceptors (Lipinski definition) is 6. The smallest absolute Gasteiger partial charge is 0.408 e. The standard InChI is InChI=1S/C14H12N4O3S/c19-11(15-13-17-16-12(22-13)8-5-6-8)7-18-9-3-1-2-4-10(9)21-14(18)20/h1-4,8H,5-7H2,(H,15,17,19). The first-order valence-corrected chi connectivity index (χ1v) is 7.74. The van der Waals surface area contributed by atoms with Crippen LogP contribution in [0.3, 0.4) is 0 Å². The molecule has 1 N–H and O–H groups in total. The molecule has 2 aromatic heterocycles. The second kappa shape index (κ2) is 5.06. The summed E-state index contributed by atoms with van der Waals surface area (Å²) in [5.74, 6) is -0.372. The van der Waals surface area contributed by atoms with E-state index < -0.39 is 5.76 Å². The van der Waals surface area contributed by atoms with E-state index in [2.05, 4.69) is 15.5 Å². The molecule has 2 heterocycles. The van der Waals surface area contributed by atoms with Gasteiger partial charge in [-0.2, -0.15) is 0 Å². The first kappa shape index (κ1) is 13.2. The zero-order valence-corrected chi connectivity index (χ0v) is 12.3. The molecule has 7 nitrogen and oxygen atoms in total. The van der Waals surface area contributed by atoms with Crippen LogP contribution in [0.15, 0.2) is 33.5 Å². The number of nitrogens with zero attached hydrogens (tertiary/aromatic N) is 3. The molecule has 0 radical (unpaired) electrons. The molecule has 1 aliphatic carbocycles. The fourth-order valence-corrected chi connectivity index (χ4v) is 3.18. The monoisotopic (exact) mass is 316 g/mol. The van der Waals surface area contributed by atoms with Crippen molar-refractivity contribution in [1.29, 1.82) is 0 Å². The highest BCUT2D eigenvalue weighted by Gasteiger charge is 2.27. The lowest BCUT2D eigenvalue weighted by Gasteiger charge is -2.01. The molecule has 22 heavy (non-hydrogen) atoms. The van der Waals surface area contributed by atoms with E-state index in [0.29, 0.717) is 22.1 Å². The predicted octanol–water partition coefficient (Wildman–Crippen LogP) is 1.96. The molecular formula is C14H12N4O3S. The van der Waals surface area contributed by atoms with Crippen LogP contribution >= 0.6 is 11.3 Å². The van der Waals surface area contributed by atoms with Gasteiger partial charge in [0.25, 0.3) is 0 Å². The summed E-state index contributed by atoms with van der Waals surface area (Å²) in [6.45, 7) is -0.117. The third kappa shape index (κ3) is 2.41. The zero-order valence-electron chi connectivity index (χ0n) is 11.5. The van der Waals surface area contributed by atoms with Gasteiger partial charge >= 0.3 is 5.76 Å². The highest BCUT2D eigenvalue weighted by molar-refractivity contribution is 7.15. The number of fused-ring (bicyclic) bond motifs is 1. The SMILES string of the molecule is O=C(Cn1c(=O)oc2ccccc21)Nc1nnc(C2CC2)s1. The van der Waals surface area contributed by atoms with Crippen molar-refractivity contribution in [2.45, 2.75) is 25.3 Å². The number of rotatable bonds is 4. The van der Waals surface area contributed by atoms with Gasteiger partial charge in [-0.25, -0.2) is 4.79 Å². The Hall–Kier alpha value is -2.48. The molecule has 1 fully saturated rings. The third-order valence-corrected chi connectivity index (χ3v) is 4.49. The molecule has 1 amide bonds. The van der Waals surface area contributed by atoms with E-state index in [0.717, 1.165) is 17.8 Å². The minimum Gasteiger partial charge on any atom is -0.408 e. The number of hydrogen-bond donors (Lipinski definition) is 1. The van der Waals surface area contributed by atoms with Gasteiger partial charge in [0.1, 0.15) is 11.6 Å². The lowest BCUT2D eigenvalue weighted by atomic mass is 10.3. The molecule has 1 aromatic carbocycles. The van der Waals surface area contributed by atoms with Gasteiger partial charge in [0.2, 0.25) is 11.0 Å². The van der Waals surface area contributed by atoms with Gasteiger partial charge in [-0.3, -0.25) is 14.7 Å². The summed E-state index contributed by atoms with van der Waals surface area (Å²) in [7, 11) is 0. The summed E-state index contributed by atoms with van der Waals surface area (Å²) < 4.78 is 6.40. The normalized spacial score (nSPS) is 14.4. The number of carbonyl (C=O) groups excluding carboxylic acids is 1. The van der Waals surface area contributed by atoms with Crippen LogP contribution in [-0.4, -0.2) is 20.7 Å². The highest BCUT2D eigenvalue weighted by Crippen LogP contribution is 2.42.